The number of nitrogens with zero attached hydrogens (tertiary/aromatic N) is 1. The van der Waals surface area contributed by atoms with E-state index in [1.165, 1.54) is 4.88 Å². The summed E-state index contributed by atoms with van der Waals surface area (Å²) < 4.78 is 31.0. The first-order valence-corrected chi connectivity index (χ1v) is 10.00. The minimum Gasteiger partial charge on any atom is -0.301 e. The average Bonchev–Trinajstić information content (AvgIpc) is 3.07. The molecular formula is C17H21NO3S2. The van der Waals surface area contributed by atoms with Gasteiger partial charge in [0.05, 0.1) is 4.90 Å². The van der Waals surface area contributed by atoms with E-state index in [4.69, 9.17) is 4.18 Å². The molecule has 3 rings (SSSR count). The second-order valence-corrected chi connectivity index (χ2v) is 8.51. The summed E-state index contributed by atoms with van der Waals surface area (Å²) >= 11 is 1.66. The molecule has 1 saturated heterocycles. The lowest BCUT2D eigenvalue weighted by atomic mass is 9.88. The molecule has 1 aliphatic heterocycles. The maximum atomic E-state index is 12.6. The van der Waals surface area contributed by atoms with E-state index in [0.717, 1.165) is 13.0 Å². The van der Waals surface area contributed by atoms with E-state index in [1.54, 1.807) is 41.7 Å². The number of likely N-dealkylation sites (tertiary alicyclic amines) is 1. The van der Waals surface area contributed by atoms with Gasteiger partial charge in [0.25, 0.3) is 10.1 Å². The van der Waals surface area contributed by atoms with Crippen molar-refractivity contribution in [2.45, 2.75) is 36.3 Å². The first-order chi connectivity index (χ1) is 11.0. The highest BCUT2D eigenvalue weighted by molar-refractivity contribution is 7.86. The lowest BCUT2D eigenvalue weighted by molar-refractivity contribution is 0.0391. The number of thiophene rings is 1. The van der Waals surface area contributed by atoms with Crippen LogP contribution >= 0.6 is 11.3 Å². The van der Waals surface area contributed by atoms with Crippen molar-refractivity contribution in [3.63, 3.8) is 0 Å². The Morgan fingerprint density at radius 2 is 1.91 bits per heavy atom. The zero-order valence-corrected chi connectivity index (χ0v) is 14.9. The Morgan fingerprint density at radius 3 is 2.57 bits per heavy atom. The molecule has 0 bridgehead atoms. The number of hydrogen-bond donors (Lipinski definition) is 0. The smallest absolute Gasteiger partial charge is 0.297 e. The van der Waals surface area contributed by atoms with Gasteiger partial charge in [0.15, 0.2) is 0 Å². The van der Waals surface area contributed by atoms with E-state index < -0.39 is 10.1 Å². The molecule has 0 saturated carbocycles. The monoisotopic (exact) mass is 351 g/mol. The number of likely N-dealkylation sites (N-methyl/N-ethyl adjacent to an activating group) is 1. The van der Waals surface area contributed by atoms with Gasteiger partial charge in [-0.1, -0.05) is 24.3 Å². The van der Waals surface area contributed by atoms with Crippen LogP contribution in [0.15, 0.2) is 52.7 Å². The van der Waals surface area contributed by atoms with Crippen LogP contribution in [0.2, 0.25) is 0 Å². The fourth-order valence-corrected chi connectivity index (χ4v) is 5.13. The highest BCUT2D eigenvalue weighted by Gasteiger charge is 2.39. The Morgan fingerprint density at radius 1 is 1.17 bits per heavy atom. The average molecular weight is 351 g/mol. The van der Waals surface area contributed by atoms with Crippen molar-refractivity contribution < 1.29 is 12.6 Å². The molecule has 3 atom stereocenters. The van der Waals surface area contributed by atoms with Crippen molar-refractivity contribution in [3.8, 4) is 0 Å². The van der Waals surface area contributed by atoms with E-state index in [2.05, 4.69) is 11.0 Å². The Labute approximate surface area is 141 Å². The van der Waals surface area contributed by atoms with Gasteiger partial charge < -0.3 is 4.90 Å². The molecule has 1 aromatic heterocycles. The van der Waals surface area contributed by atoms with Gasteiger partial charge in [-0.25, -0.2) is 0 Å². The van der Waals surface area contributed by atoms with Gasteiger partial charge in [-0.2, -0.15) is 8.42 Å². The predicted molar refractivity (Wildman–Crippen MR) is 92.3 cm³/mol. The SMILES string of the molecule is CC1C(OS(=O)(=O)c2ccccc2)C(c2cccs2)CCN1C. The van der Waals surface area contributed by atoms with Crippen molar-refractivity contribution in [1.29, 1.82) is 0 Å². The van der Waals surface area contributed by atoms with Crippen LogP contribution in [0.3, 0.4) is 0 Å². The normalized spacial score (nSPS) is 26.3. The van der Waals surface area contributed by atoms with Crippen LogP contribution in [0.25, 0.3) is 0 Å². The molecular weight excluding hydrogens is 330 g/mol. The maximum absolute atomic E-state index is 12.6. The van der Waals surface area contributed by atoms with E-state index in [9.17, 15) is 8.42 Å². The van der Waals surface area contributed by atoms with Crippen LogP contribution in [0.5, 0.6) is 0 Å². The summed E-state index contributed by atoms with van der Waals surface area (Å²) in [6.45, 7) is 2.97. The topological polar surface area (TPSA) is 46.6 Å². The van der Waals surface area contributed by atoms with Gasteiger partial charge >= 0.3 is 0 Å². The summed E-state index contributed by atoms with van der Waals surface area (Å²) in [5, 5.41) is 2.03. The lowest BCUT2D eigenvalue weighted by Gasteiger charge is -2.41. The summed E-state index contributed by atoms with van der Waals surface area (Å²) in [6, 6.07) is 12.5. The van der Waals surface area contributed by atoms with Gasteiger partial charge in [0.1, 0.15) is 6.10 Å². The molecule has 4 nitrogen and oxygen atoms in total. The number of benzene rings is 1. The molecule has 2 heterocycles. The molecule has 6 heteroatoms. The molecule has 1 fully saturated rings. The van der Waals surface area contributed by atoms with Crippen molar-refractivity contribution in [2.24, 2.45) is 0 Å². The zero-order valence-electron chi connectivity index (χ0n) is 13.3. The molecule has 0 radical (unpaired) electrons. The Hall–Kier alpha value is -1.21. The third kappa shape index (κ3) is 3.50. The summed E-state index contributed by atoms with van der Waals surface area (Å²) in [7, 11) is -1.75. The predicted octanol–water partition coefficient (Wildman–Crippen LogP) is 3.33. The third-order valence-corrected chi connectivity index (χ3v) is 6.87. The fourth-order valence-electron chi connectivity index (χ4n) is 3.04. The van der Waals surface area contributed by atoms with Crippen LogP contribution in [0.4, 0.5) is 0 Å². The van der Waals surface area contributed by atoms with Crippen molar-refractivity contribution in [1.82, 2.24) is 4.90 Å². The second kappa shape index (κ2) is 6.73. The second-order valence-electron chi connectivity index (χ2n) is 5.96. The number of rotatable bonds is 4. The standard InChI is InChI=1S/C17H21NO3S2/c1-13-17(21-23(19,20)14-7-4-3-5-8-14)15(10-11-18(13)2)16-9-6-12-22-16/h3-9,12-13,15,17H,10-11H2,1-2H3. The fraction of sp³-hybridized carbons (Fsp3) is 0.412. The summed E-state index contributed by atoms with van der Waals surface area (Å²) in [4.78, 5) is 3.57. The molecule has 2 aromatic rings. The zero-order chi connectivity index (χ0) is 16.4. The number of piperidine rings is 1. The summed E-state index contributed by atoms with van der Waals surface area (Å²) in [5.41, 5.74) is 0. The van der Waals surface area contributed by atoms with Gasteiger partial charge in [0.2, 0.25) is 0 Å². The number of hydrogen-bond acceptors (Lipinski definition) is 5. The maximum Gasteiger partial charge on any atom is 0.297 e. The highest BCUT2D eigenvalue weighted by Crippen LogP contribution is 2.37. The van der Waals surface area contributed by atoms with E-state index >= 15 is 0 Å². The van der Waals surface area contributed by atoms with Gasteiger partial charge in [-0.15, -0.1) is 11.3 Å². The minimum absolute atomic E-state index is 0.0364. The third-order valence-electron chi connectivity index (χ3n) is 4.54. The van der Waals surface area contributed by atoms with Crippen molar-refractivity contribution in [3.05, 3.63) is 52.7 Å². The van der Waals surface area contributed by atoms with Crippen LogP contribution in [0.1, 0.15) is 24.1 Å². The first kappa shape index (κ1) is 16.6. The molecule has 23 heavy (non-hydrogen) atoms. The van der Waals surface area contributed by atoms with Crippen LogP contribution in [-0.4, -0.2) is 39.1 Å². The molecule has 0 spiro atoms. The van der Waals surface area contributed by atoms with Crippen molar-refractivity contribution >= 4 is 21.5 Å². The van der Waals surface area contributed by atoms with E-state index in [-0.39, 0.29) is 23.0 Å². The molecule has 0 amide bonds. The minimum atomic E-state index is -3.76. The molecule has 0 aliphatic carbocycles. The molecule has 0 N–H and O–H groups in total. The molecule has 1 aliphatic rings. The van der Waals surface area contributed by atoms with Crippen LogP contribution < -0.4 is 0 Å². The highest BCUT2D eigenvalue weighted by atomic mass is 32.2. The van der Waals surface area contributed by atoms with Crippen LogP contribution in [0, 0.1) is 0 Å². The van der Waals surface area contributed by atoms with E-state index in [1.807, 2.05) is 25.4 Å². The van der Waals surface area contributed by atoms with Crippen LogP contribution in [-0.2, 0) is 14.3 Å². The quantitative estimate of drug-likeness (QED) is 0.793. The Kier molecular flexibility index (Phi) is 4.87. The molecule has 1 aromatic carbocycles. The van der Waals surface area contributed by atoms with E-state index in [0.29, 0.717) is 0 Å². The Balaban J connectivity index is 1.90. The summed E-state index contributed by atoms with van der Waals surface area (Å²) in [6.07, 6.45) is 0.522. The molecule has 3 unspecified atom stereocenters. The largest absolute Gasteiger partial charge is 0.301 e. The van der Waals surface area contributed by atoms with Gasteiger partial charge in [-0.3, -0.25) is 4.18 Å². The lowest BCUT2D eigenvalue weighted by Crippen LogP contribution is -2.49. The van der Waals surface area contributed by atoms with Crippen molar-refractivity contribution in [2.75, 3.05) is 13.6 Å². The van der Waals surface area contributed by atoms with Gasteiger partial charge in [0, 0.05) is 16.8 Å². The Bertz CT molecular complexity index is 728. The first-order valence-electron chi connectivity index (χ1n) is 7.71. The summed E-state index contributed by atoms with van der Waals surface area (Å²) in [5.74, 6) is 0.111. The van der Waals surface area contributed by atoms with Gasteiger partial charge in [-0.05, 0) is 50.5 Å². The molecule has 124 valence electrons.